The smallest absolute Gasteiger partial charge is 0.294 e. The van der Waals surface area contributed by atoms with Crippen molar-refractivity contribution in [2.45, 2.75) is 26.7 Å². The van der Waals surface area contributed by atoms with Crippen LogP contribution in [-0.4, -0.2) is 17.4 Å². The largest absolute Gasteiger partial charge is 0.330 e. The minimum atomic E-state index is -0.573. The van der Waals surface area contributed by atoms with Gasteiger partial charge in [0, 0.05) is 17.5 Å². The van der Waals surface area contributed by atoms with Crippen molar-refractivity contribution in [3.05, 3.63) is 33.3 Å². The number of carbonyl (C=O) groups is 1. The van der Waals surface area contributed by atoms with E-state index in [2.05, 4.69) is 19.2 Å². The Labute approximate surface area is 128 Å². The second-order valence-electron chi connectivity index (χ2n) is 5.40. The van der Waals surface area contributed by atoms with Crippen LogP contribution in [0.15, 0.2) is 18.2 Å². The molecule has 0 radical (unpaired) electrons. The molecule has 0 aromatic heterocycles. The predicted octanol–water partition coefficient (Wildman–Crippen LogP) is 3.20. The van der Waals surface area contributed by atoms with Crippen LogP contribution in [0.25, 0.3) is 0 Å². The number of nitro groups is 1. The second-order valence-corrected chi connectivity index (χ2v) is 5.84. The molecule has 1 atom stereocenters. The highest BCUT2D eigenvalue weighted by atomic mass is 35.5. The van der Waals surface area contributed by atoms with Gasteiger partial charge in [0.15, 0.2) is 0 Å². The van der Waals surface area contributed by atoms with Crippen LogP contribution in [0, 0.1) is 22.0 Å². The van der Waals surface area contributed by atoms with E-state index in [0.717, 1.165) is 6.42 Å². The van der Waals surface area contributed by atoms with Crippen molar-refractivity contribution in [1.82, 2.24) is 0 Å². The Balaban J connectivity index is 2.77. The first-order valence-electron chi connectivity index (χ1n) is 6.77. The summed E-state index contributed by atoms with van der Waals surface area (Å²) in [5, 5.41) is 13.8. The maximum absolute atomic E-state index is 12.0. The molecule has 0 heterocycles. The van der Waals surface area contributed by atoms with Crippen molar-refractivity contribution in [2.24, 2.45) is 17.6 Å². The summed E-state index contributed by atoms with van der Waals surface area (Å²) >= 11 is 5.73. The van der Waals surface area contributed by atoms with Crippen LogP contribution in [0.4, 0.5) is 11.4 Å². The van der Waals surface area contributed by atoms with Gasteiger partial charge in [-0.2, -0.15) is 0 Å². The van der Waals surface area contributed by atoms with E-state index in [1.54, 1.807) is 0 Å². The van der Waals surface area contributed by atoms with Gasteiger partial charge in [-0.3, -0.25) is 14.9 Å². The number of rotatable bonds is 7. The lowest BCUT2D eigenvalue weighted by molar-refractivity contribution is -0.383. The fourth-order valence-electron chi connectivity index (χ4n) is 2.15. The highest BCUT2D eigenvalue weighted by molar-refractivity contribution is 6.31. The molecule has 0 saturated carbocycles. The molecule has 0 unspecified atom stereocenters. The Morgan fingerprint density at radius 3 is 2.67 bits per heavy atom. The average Bonchev–Trinajstić information content (AvgIpc) is 2.39. The van der Waals surface area contributed by atoms with Crippen LogP contribution in [-0.2, 0) is 4.79 Å². The van der Waals surface area contributed by atoms with E-state index >= 15 is 0 Å². The Kier molecular flexibility index (Phi) is 6.58. The molecular formula is C14H20ClN3O3. The number of hydrogen-bond donors (Lipinski definition) is 2. The number of nitrogens with one attached hydrogen (secondary N) is 1. The predicted molar refractivity (Wildman–Crippen MR) is 83.4 cm³/mol. The van der Waals surface area contributed by atoms with Gasteiger partial charge in [0.25, 0.3) is 5.69 Å². The normalized spacial score (nSPS) is 12.2. The van der Waals surface area contributed by atoms with Crippen LogP contribution in [0.3, 0.4) is 0 Å². The van der Waals surface area contributed by atoms with Gasteiger partial charge in [0.1, 0.15) is 5.69 Å². The summed E-state index contributed by atoms with van der Waals surface area (Å²) in [6, 6.07) is 4.14. The summed E-state index contributed by atoms with van der Waals surface area (Å²) in [5.74, 6) is 0.226. The molecule has 7 heteroatoms. The summed E-state index contributed by atoms with van der Waals surface area (Å²) in [4.78, 5) is 22.4. The molecule has 0 aliphatic rings. The Bertz CT molecular complexity index is 520. The van der Waals surface area contributed by atoms with E-state index in [9.17, 15) is 14.9 Å². The number of anilines is 1. The molecule has 0 fully saturated rings. The number of halogens is 1. The lowest BCUT2D eigenvalue weighted by Crippen LogP contribution is -2.23. The van der Waals surface area contributed by atoms with Crippen molar-refractivity contribution in [2.75, 3.05) is 11.9 Å². The molecule has 1 amide bonds. The molecule has 116 valence electrons. The topological polar surface area (TPSA) is 98.3 Å². The van der Waals surface area contributed by atoms with E-state index in [4.69, 9.17) is 17.3 Å². The zero-order valence-corrected chi connectivity index (χ0v) is 12.9. The monoisotopic (exact) mass is 313 g/mol. The van der Waals surface area contributed by atoms with Crippen LogP contribution in [0.2, 0.25) is 5.02 Å². The van der Waals surface area contributed by atoms with E-state index in [-0.39, 0.29) is 34.6 Å². The molecule has 0 bridgehead atoms. The molecular weight excluding hydrogens is 294 g/mol. The van der Waals surface area contributed by atoms with Gasteiger partial charge in [0.05, 0.1) is 4.92 Å². The SMILES string of the molecule is CC(C)C[C@H](CN)CC(=O)Nc1ccc(Cl)cc1[N+](=O)[O-]. The summed E-state index contributed by atoms with van der Waals surface area (Å²) in [5.41, 5.74) is 5.58. The van der Waals surface area contributed by atoms with Gasteiger partial charge >= 0.3 is 0 Å². The minimum Gasteiger partial charge on any atom is -0.330 e. The van der Waals surface area contributed by atoms with Gasteiger partial charge in [-0.15, -0.1) is 0 Å². The molecule has 1 rings (SSSR count). The molecule has 6 nitrogen and oxygen atoms in total. The van der Waals surface area contributed by atoms with Crippen LogP contribution < -0.4 is 11.1 Å². The molecule has 0 aliphatic carbocycles. The lowest BCUT2D eigenvalue weighted by atomic mass is 9.94. The fourth-order valence-corrected chi connectivity index (χ4v) is 2.32. The Morgan fingerprint density at radius 1 is 1.48 bits per heavy atom. The molecule has 21 heavy (non-hydrogen) atoms. The number of nitrogens with two attached hydrogens (primary N) is 1. The summed E-state index contributed by atoms with van der Waals surface area (Å²) in [6.45, 7) is 4.53. The molecule has 0 spiro atoms. The maximum Gasteiger partial charge on any atom is 0.294 e. The highest BCUT2D eigenvalue weighted by Crippen LogP contribution is 2.28. The lowest BCUT2D eigenvalue weighted by Gasteiger charge is -2.16. The van der Waals surface area contributed by atoms with E-state index in [1.165, 1.54) is 18.2 Å². The summed E-state index contributed by atoms with van der Waals surface area (Å²) in [6.07, 6.45) is 1.08. The van der Waals surface area contributed by atoms with Gasteiger partial charge in [0.2, 0.25) is 5.91 Å². The number of carbonyl (C=O) groups excluding carboxylic acids is 1. The van der Waals surface area contributed by atoms with Crippen LogP contribution in [0.1, 0.15) is 26.7 Å². The van der Waals surface area contributed by atoms with Crippen molar-refractivity contribution in [1.29, 1.82) is 0 Å². The van der Waals surface area contributed by atoms with Crippen molar-refractivity contribution in [3.8, 4) is 0 Å². The number of nitro benzene ring substituents is 1. The molecule has 1 aromatic carbocycles. The summed E-state index contributed by atoms with van der Waals surface area (Å²) in [7, 11) is 0. The zero-order valence-electron chi connectivity index (χ0n) is 12.1. The Hall–Kier alpha value is -1.66. The fraction of sp³-hybridized carbons (Fsp3) is 0.500. The standard InChI is InChI=1S/C14H20ClN3O3/c1-9(2)5-10(8-16)6-14(19)17-12-4-3-11(15)7-13(12)18(20)21/h3-4,7,9-10H,5-6,8,16H2,1-2H3,(H,17,19)/t10-/m0/s1. The molecule has 1 aromatic rings. The third kappa shape index (κ3) is 5.69. The summed E-state index contributed by atoms with van der Waals surface area (Å²) < 4.78 is 0. The number of amides is 1. The highest BCUT2D eigenvalue weighted by Gasteiger charge is 2.19. The van der Waals surface area contributed by atoms with Crippen LogP contribution in [0.5, 0.6) is 0 Å². The minimum absolute atomic E-state index is 0.0661. The Morgan fingerprint density at radius 2 is 2.14 bits per heavy atom. The van der Waals surface area contributed by atoms with Crippen molar-refractivity contribution in [3.63, 3.8) is 0 Å². The molecule has 0 saturated heterocycles. The maximum atomic E-state index is 12.0. The molecule has 3 N–H and O–H groups in total. The third-order valence-corrected chi connectivity index (χ3v) is 3.28. The van der Waals surface area contributed by atoms with E-state index in [1.807, 2.05) is 0 Å². The van der Waals surface area contributed by atoms with Gasteiger partial charge < -0.3 is 11.1 Å². The van der Waals surface area contributed by atoms with Gasteiger partial charge in [-0.25, -0.2) is 0 Å². The first kappa shape index (κ1) is 17.4. The zero-order chi connectivity index (χ0) is 16.0. The third-order valence-electron chi connectivity index (χ3n) is 3.04. The van der Waals surface area contributed by atoms with E-state index in [0.29, 0.717) is 12.5 Å². The quantitative estimate of drug-likeness (QED) is 0.596. The van der Waals surface area contributed by atoms with Crippen molar-refractivity contribution < 1.29 is 9.72 Å². The number of benzene rings is 1. The average molecular weight is 314 g/mol. The number of nitrogens with zero attached hydrogens (tertiary/aromatic N) is 1. The first-order chi connectivity index (χ1) is 9.83. The molecule has 0 aliphatic heterocycles. The van der Waals surface area contributed by atoms with Gasteiger partial charge in [-0.05, 0) is 36.9 Å². The number of hydrogen-bond acceptors (Lipinski definition) is 4. The first-order valence-corrected chi connectivity index (χ1v) is 7.15. The van der Waals surface area contributed by atoms with E-state index < -0.39 is 4.92 Å². The van der Waals surface area contributed by atoms with Crippen LogP contribution >= 0.6 is 11.6 Å². The van der Waals surface area contributed by atoms with Crippen molar-refractivity contribution >= 4 is 28.9 Å². The van der Waals surface area contributed by atoms with Gasteiger partial charge in [-0.1, -0.05) is 25.4 Å². The second kappa shape index (κ2) is 7.95.